The van der Waals surface area contributed by atoms with Gasteiger partial charge < -0.3 is 0 Å². The Hall–Kier alpha value is -1.56. The molecule has 0 bridgehead atoms. The van der Waals surface area contributed by atoms with Crippen LogP contribution in [0.3, 0.4) is 0 Å². The Morgan fingerprint density at radius 1 is 0.885 bits per heavy atom. The van der Waals surface area contributed by atoms with E-state index in [4.69, 9.17) is 0 Å². The number of benzene rings is 1. The Balaban J connectivity index is 0.00000117. The van der Waals surface area contributed by atoms with E-state index in [2.05, 4.69) is 78.0 Å². The molecule has 0 heterocycles. The molecular weight excluding hydrogens is 312 g/mol. The van der Waals surface area contributed by atoms with Crippen molar-refractivity contribution in [1.82, 2.24) is 0 Å². The molecule has 0 saturated heterocycles. The van der Waals surface area contributed by atoms with Gasteiger partial charge in [-0.05, 0) is 78.2 Å². The Morgan fingerprint density at radius 3 is 2.08 bits per heavy atom. The standard InChI is InChI=1S/C24H32.C2H6/c1-17-7-9-19(10-8-17)15-18(2)20-11-12-21-22(16-20)24(5,6)14-13-23(21,3)4;1-2/h7,9,11-12,15-16H,8,10,13-14H2,1-6H3;1-2H3/b18-15+;. The van der Waals surface area contributed by atoms with Crippen LogP contribution in [0, 0.1) is 0 Å². The molecule has 2 aliphatic carbocycles. The smallest absolute Gasteiger partial charge is 0.0100 e. The van der Waals surface area contributed by atoms with Crippen molar-refractivity contribution in [2.75, 3.05) is 0 Å². The summed E-state index contributed by atoms with van der Waals surface area (Å²) >= 11 is 0. The zero-order chi connectivity index (χ0) is 19.5. The van der Waals surface area contributed by atoms with Crippen molar-refractivity contribution >= 4 is 5.57 Å². The summed E-state index contributed by atoms with van der Waals surface area (Å²) in [5, 5.41) is 0. The molecule has 1 aromatic rings. The largest absolute Gasteiger partial charge is 0.0730 e. The third-order valence-corrected chi connectivity index (χ3v) is 6.10. The summed E-state index contributed by atoms with van der Waals surface area (Å²) in [6.45, 7) is 18.1. The fourth-order valence-corrected chi connectivity index (χ4v) is 4.07. The zero-order valence-corrected chi connectivity index (χ0v) is 18.3. The van der Waals surface area contributed by atoms with Crippen LogP contribution in [0.15, 0.2) is 47.6 Å². The molecule has 0 fully saturated rings. The summed E-state index contributed by atoms with van der Waals surface area (Å²) in [5.74, 6) is 0. The van der Waals surface area contributed by atoms with Gasteiger partial charge in [0, 0.05) is 0 Å². The topological polar surface area (TPSA) is 0 Å². The van der Waals surface area contributed by atoms with E-state index in [9.17, 15) is 0 Å². The summed E-state index contributed by atoms with van der Waals surface area (Å²) < 4.78 is 0. The van der Waals surface area contributed by atoms with Crippen LogP contribution in [-0.4, -0.2) is 0 Å². The number of allylic oxidation sites excluding steroid dienone is 6. The third kappa shape index (κ3) is 4.40. The van der Waals surface area contributed by atoms with E-state index in [1.54, 1.807) is 11.1 Å². The monoisotopic (exact) mass is 350 g/mol. The Kier molecular flexibility index (Phi) is 6.37. The van der Waals surface area contributed by atoms with Gasteiger partial charge in [-0.25, -0.2) is 0 Å². The van der Waals surface area contributed by atoms with Crippen LogP contribution in [0.2, 0.25) is 0 Å². The molecule has 2 aliphatic rings. The van der Waals surface area contributed by atoms with Gasteiger partial charge >= 0.3 is 0 Å². The lowest BCUT2D eigenvalue weighted by Gasteiger charge is -2.42. The van der Waals surface area contributed by atoms with E-state index < -0.39 is 0 Å². The highest BCUT2D eigenvalue weighted by Crippen LogP contribution is 2.46. The van der Waals surface area contributed by atoms with E-state index in [0.29, 0.717) is 5.41 Å². The molecular formula is C26H38. The van der Waals surface area contributed by atoms with Crippen molar-refractivity contribution in [3.05, 3.63) is 64.3 Å². The van der Waals surface area contributed by atoms with Gasteiger partial charge in [0.25, 0.3) is 0 Å². The summed E-state index contributed by atoms with van der Waals surface area (Å²) in [4.78, 5) is 0. The molecule has 3 rings (SSSR count). The lowest BCUT2D eigenvalue weighted by molar-refractivity contribution is 0.332. The van der Waals surface area contributed by atoms with Crippen LogP contribution >= 0.6 is 0 Å². The van der Waals surface area contributed by atoms with Crippen LogP contribution in [0.5, 0.6) is 0 Å². The first-order valence-electron chi connectivity index (χ1n) is 10.4. The molecule has 0 nitrogen and oxygen atoms in total. The van der Waals surface area contributed by atoms with E-state index in [1.807, 2.05) is 13.8 Å². The van der Waals surface area contributed by atoms with Crippen molar-refractivity contribution in [2.45, 2.75) is 91.9 Å². The van der Waals surface area contributed by atoms with Gasteiger partial charge in [-0.2, -0.15) is 0 Å². The SMILES string of the molecule is CC.CC1=CC=C(/C=C(\C)c2ccc3c(c2)C(C)(C)CCC3(C)C)CC1. The molecule has 0 N–H and O–H groups in total. The van der Waals surface area contributed by atoms with Crippen LogP contribution < -0.4 is 0 Å². The maximum absolute atomic E-state index is 2.46. The second-order valence-electron chi connectivity index (χ2n) is 9.11. The molecule has 0 aromatic heterocycles. The van der Waals surface area contributed by atoms with Crippen molar-refractivity contribution in [2.24, 2.45) is 0 Å². The first-order valence-corrected chi connectivity index (χ1v) is 10.4. The quantitative estimate of drug-likeness (QED) is 0.505. The van der Waals surface area contributed by atoms with Gasteiger partial charge in [-0.1, -0.05) is 83.5 Å². The molecule has 0 saturated carbocycles. The Bertz CT molecular complexity index is 735. The lowest BCUT2D eigenvalue weighted by Crippen LogP contribution is -2.33. The number of rotatable bonds is 2. The minimum atomic E-state index is 0.283. The average molecular weight is 351 g/mol. The number of fused-ring (bicyclic) bond motifs is 1. The van der Waals surface area contributed by atoms with Gasteiger partial charge in [-0.15, -0.1) is 0 Å². The van der Waals surface area contributed by atoms with Gasteiger partial charge in [0.2, 0.25) is 0 Å². The van der Waals surface area contributed by atoms with E-state index in [1.165, 1.54) is 48.0 Å². The number of hydrogen-bond donors (Lipinski definition) is 0. The second kappa shape index (κ2) is 7.99. The molecule has 142 valence electrons. The summed E-state index contributed by atoms with van der Waals surface area (Å²) in [5.41, 5.74) is 9.39. The molecule has 0 aliphatic heterocycles. The minimum Gasteiger partial charge on any atom is -0.0730 e. The fourth-order valence-electron chi connectivity index (χ4n) is 4.07. The maximum atomic E-state index is 2.46. The fraction of sp³-hybridized carbons (Fsp3) is 0.538. The molecule has 0 atom stereocenters. The van der Waals surface area contributed by atoms with E-state index >= 15 is 0 Å². The number of hydrogen-bond acceptors (Lipinski definition) is 0. The zero-order valence-electron chi connectivity index (χ0n) is 18.3. The normalized spacial score (nSPS) is 21.0. The molecule has 1 aromatic carbocycles. The molecule has 0 spiro atoms. The predicted octanol–water partition coefficient (Wildman–Crippen LogP) is 8.13. The lowest BCUT2D eigenvalue weighted by atomic mass is 9.63. The van der Waals surface area contributed by atoms with Gasteiger partial charge in [0.05, 0.1) is 0 Å². The third-order valence-electron chi connectivity index (χ3n) is 6.10. The van der Waals surface area contributed by atoms with Crippen LogP contribution in [0.25, 0.3) is 5.57 Å². The molecule has 0 amide bonds. The second-order valence-corrected chi connectivity index (χ2v) is 9.11. The highest BCUT2D eigenvalue weighted by molar-refractivity contribution is 5.68. The molecule has 0 unspecified atom stereocenters. The van der Waals surface area contributed by atoms with Crippen molar-refractivity contribution in [3.63, 3.8) is 0 Å². The highest BCUT2D eigenvalue weighted by Gasteiger charge is 2.36. The highest BCUT2D eigenvalue weighted by atomic mass is 14.4. The van der Waals surface area contributed by atoms with Gasteiger partial charge in [0.1, 0.15) is 0 Å². The summed E-state index contributed by atoms with van der Waals surface area (Å²) in [6.07, 6.45) is 11.8. The van der Waals surface area contributed by atoms with Gasteiger partial charge in [0.15, 0.2) is 0 Å². The van der Waals surface area contributed by atoms with Crippen LogP contribution in [-0.2, 0) is 10.8 Å². The van der Waals surface area contributed by atoms with E-state index in [0.717, 1.165) is 0 Å². The summed E-state index contributed by atoms with van der Waals surface area (Å²) in [7, 11) is 0. The Labute approximate surface area is 162 Å². The van der Waals surface area contributed by atoms with Gasteiger partial charge in [-0.3, -0.25) is 0 Å². The van der Waals surface area contributed by atoms with E-state index in [-0.39, 0.29) is 5.41 Å². The first-order chi connectivity index (χ1) is 12.2. The minimum absolute atomic E-state index is 0.283. The predicted molar refractivity (Wildman–Crippen MR) is 118 cm³/mol. The van der Waals surface area contributed by atoms with Crippen LogP contribution in [0.4, 0.5) is 0 Å². The van der Waals surface area contributed by atoms with Crippen molar-refractivity contribution in [3.8, 4) is 0 Å². The molecule has 26 heavy (non-hydrogen) atoms. The average Bonchev–Trinajstić information content (AvgIpc) is 2.62. The maximum Gasteiger partial charge on any atom is -0.0100 e. The molecule has 0 radical (unpaired) electrons. The van der Waals surface area contributed by atoms with Crippen molar-refractivity contribution in [1.29, 1.82) is 0 Å². The van der Waals surface area contributed by atoms with Crippen molar-refractivity contribution < 1.29 is 0 Å². The summed E-state index contributed by atoms with van der Waals surface area (Å²) in [6, 6.07) is 7.19. The first kappa shape index (κ1) is 20.7. The molecule has 0 heteroatoms. The van der Waals surface area contributed by atoms with Crippen LogP contribution in [0.1, 0.15) is 97.8 Å². The Morgan fingerprint density at radius 2 is 1.50 bits per heavy atom.